The van der Waals surface area contributed by atoms with Crippen molar-refractivity contribution >= 4 is 11.6 Å². The monoisotopic (exact) mass is 326 g/mol. The van der Waals surface area contributed by atoms with Crippen LogP contribution in [0.15, 0.2) is 35.1 Å². The molecule has 0 atom stereocenters. The molecule has 0 saturated heterocycles. The van der Waals surface area contributed by atoms with Crippen LogP contribution in [0.2, 0.25) is 0 Å². The second kappa shape index (κ2) is 6.77. The Bertz CT molecular complexity index is 767. The molecule has 0 N–H and O–H groups in total. The van der Waals surface area contributed by atoms with Crippen LogP contribution >= 0.6 is 0 Å². The molecule has 1 aliphatic heterocycles. The number of para-hydroxylation sites is 1. The van der Waals surface area contributed by atoms with Crippen molar-refractivity contribution in [2.45, 2.75) is 40.8 Å². The molecule has 1 aromatic carbocycles. The number of aryl methyl sites for hydroxylation is 1. The minimum Gasteiger partial charge on any atom is -0.298 e. The maximum atomic E-state index is 12.8. The smallest absolute Gasteiger partial charge is 0.259 e. The highest BCUT2D eigenvalue weighted by molar-refractivity contribution is 5.58. The number of fused-ring (bicyclic) bond motifs is 1. The topological polar surface area (TPSA) is 41.4 Å². The summed E-state index contributed by atoms with van der Waals surface area (Å²) in [5.74, 6) is 1.39. The molecule has 3 rings (SSSR count). The Morgan fingerprint density at radius 3 is 2.50 bits per heavy atom. The molecule has 5 heteroatoms. The first kappa shape index (κ1) is 16.7. The number of anilines is 2. The van der Waals surface area contributed by atoms with Crippen LogP contribution in [-0.2, 0) is 6.67 Å². The van der Waals surface area contributed by atoms with Crippen molar-refractivity contribution in [3.8, 4) is 0 Å². The molecule has 0 radical (unpaired) electrons. The van der Waals surface area contributed by atoms with Gasteiger partial charge in [-0.3, -0.25) is 19.2 Å². The molecular weight excluding hydrogens is 300 g/mol. The Morgan fingerprint density at radius 2 is 1.83 bits per heavy atom. The van der Waals surface area contributed by atoms with Crippen molar-refractivity contribution in [3.05, 3.63) is 51.9 Å². The van der Waals surface area contributed by atoms with Gasteiger partial charge in [0.15, 0.2) is 0 Å². The van der Waals surface area contributed by atoms with Gasteiger partial charge in [-0.15, -0.1) is 0 Å². The van der Waals surface area contributed by atoms with Crippen LogP contribution in [0.4, 0.5) is 11.6 Å². The van der Waals surface area contributed by atoms with Gasteiger partial charge in [-0.1, -0.05) is 32.0 Å². The quantitative estimate of drug-likeness (QED) is 0.865. The molecule has 0 aliphatic carbocycles. The summed E-state index contributed by atoms with van der Waals surface area (Å²) in [6.45, 7) is 10.6. The Morgan fingerprint density at radius 1 is 1.12 bits per heavy atom. The number of rotatable bonds is 4. The SMILES string of the molecule is Cc1nc2n(c(=O)c1C)CN(CCC(C)C)CN2c1ccccc1. The first-order chi connectivity index (χ1) is 11.5. The Kier molecular flexibility index (Phi) is 4.71. The van der Waals surface area contributed by atoms with Crippen molar-refractivity contribution in [3.63, 3.8) is 0 Å². The van der Waals surface area contributed by atoms with E-state index in [2.05, 4.69) is 35.8 Å². The Labute approximate surface area is 143 Å². The van der Waals surface area contributed by atoms with Gasteiger partial charge in [0.25, 0.3) is 5.56 Å². The van der Waals surface area contributed by atoms with Crippen LogP contribution in [0.3, 0.4) is 0 Å². The minimum absolute atomic E-state index is 0.0627. The molecule has 0 fully saturated rings. The molecule has 2 aromatic rings. The van der Waals surface area contributed by atoms with E-state index in [1.165, 1.54) is 0 Å². The second-order valence-corrected chi connectivity index (χ2v) is 6.98. The molecule has 24 heavy (non-hydrogen) atoms. The maximum Gasteiger partial charge on any atom is 0.259 e. The van der Waals surface area contributed by atoms with Crippen LogP contribution in [0.5, 0.6) is 0 Å². The molecule has 128 valence electrons. The number of hydrogen-bond donors (Lipinski definition) is 0. The van der Waals surface area contributed by atoms with Crippen LogP contribution in [-0.4, -0.2) is 27.7 Å². The summed E-state index contributed by atoms with van der Waals surface area (Å²) in [6.07, 6.45) is 1.12. The van der Waals surface area contributed by atoms with E-state index in [0.717, 1.165) is 42.5 Å². The number of hydrogen-bond acceptors (Lipinski definition) is 4. The first-order valence-corrected chi connectivity index (χ1v) is 8.60. The van der Waals surface area contributed by atoms with Crippen LogP contribution in [0, 0.1) is 19.8 Å². The van der Waals surface area contributed by atoms with Gasteiger partial charge in [0.05, 0.1) is 13.3 Å². The predicted octanol–water partition coefficient (Wildman–Crippen LogP) is 3.27. The van der Waals surface area contributed by atoms with Gasteiger partial charge in [-0.25, -0.2) is 4.98 Å². The van der Waals surface area contributed by atoms with Crippen molar-refractivity contribution in [2.75, 3.05) is 18.1 Å². The minimum atomic E-state index is 0.0627. The fourth-order valence-electron chi connectivity index (χ4n) is 2.97. The zero-order valence-electron chi connectivity index (χ0n) is 15.0. The standard InChI is InChI=1S/C19H26N4O/c1-14(2)10-11-21-12-22(17-8-6-5-7-9-17)19-20-16(4)15(3)18(24)23(19)13-21/h5-9,14H,10-13H2,1-4H3. The molecule has 2 heterocycles. The molecule has 1 aliphatic rings. The van der Waals surface area contributed by atoms with E-state index in [1.54, 1.807) is 4.57 Å². The maximum absolute atomic E-state index is 12.8. The molecule has 0 saturated carbocycles. The molecule has 0 amide bonds. The van der Waals surface area contributed by atoms with Gasteiger partial charge in [0.2, 0.25) is 5.95 Å². The summed E-state index contributed by atoms with van der Waals surface area (Å²) in [7, 11) is 0. The Hall–Kier alpha value is -2.14. The van der Waals surface area contributed by atoms with Crippen LogP contribution < -0.4 is 10.5 Å². The summed E-state index contributed by atoms with van der Waals surface area (Å²) >= 11 is 0. The lowest BCUT2D eigenvalue weighted by Gasteiger charge is -2.38. The normalized spacial score (nSPS) is 15.0. The summed E-state index contributed by atoms with van der Waals surface area (Å²) in [4.78, 5) is 21.9. The number of nitrogens with zero attached hydrogens (tertiary/aromatic N) is 4. The zero-order chi connectivity index (χ0) is 17.3. The van der Waals surface area contributed by atoms with E-state index in [9.17, 15) is 4.79 Å². The third-order valence-corrected chi connectivity index (χ3v) is 4.63. The van der Waals surface area contributed by atoms with E-state index in [1.807, 2.05) is 32.0 Å². The second-order valence-electron chi connectivity index (χ2n) is 6.98. The van der Waals surface area contributed by atoms with Crippen LogP contribution in [0.25, 0.3) is 0 Å². The molecule has 5 nitrogen and oxygen atoms in total. The molecule has 0 unspecified atom stereocenters. The largest absolute Gasteiger partial charge is 0.298 e. The Balaban J connectivity index is 2.04. The fourth-order valence-corrected chi connectivity index (χ4v) is 2.97. The summed E-state index contributed by atoms with van der Waals surface area (Å²) in [5, 5.41) is 0. The zero-order valence-corrected chi connectivity index (χ0v) is 15.0. The van der Waals surface area contributed by atoms with Gasteiger partial charge in [0.1, 0.15) is 0 Å². The lowest BCUT2D eigenvalue weighted by atomic mass is 10.1. The third-order valence-electron chi connectivity index (χ3n) is 4.63. The van der Waals surface area contributed by atoms with E-state index < -0.39 is 0 Å². The average molecular weight is 326 g/mol. The first-order valence-electron chi connectivity index (χ1n) is 8.60. The van der Waals surface area contributed by atoms with Crippen LogP contribution in [0.1, 0.15) is 31.5 Å². The highest BCUT2D eigenvalue weighted by atomic mass is 16.1. The molecule has 0 bridgehead atoms. The van der Waals surface area contributed by atoms with E-state index in [4.69, 9.17) is 4.98 Å². The highest BCUT2D eigenvalue weighted by Crippen LogP contribution is 2.27. The van der Waals surface area contributed by atoms with Gasteiger partial charge in [0, 0.05) is 23.5 Å². The predicted molar refractivity (Wildman–Crippen MR) is 97.6 cm³/mol. The molecule has 0 spiro atoms. The van der Waals surface area contributed by atoms with Crippen molar-refractivity contribution in [2.24, 2.45) is 5.92 Å². The van der Waals surface area contributed by atoms with E-state index in [0.29, 0.717) is 12.6 Å². The van der Waals surface area contributed by atoms with Crippen molar-refractivity contribution in [1.82, 2.24) is 14.5 Å². The third kappa shape index (κ3) is 3.22. The van der Waals surface area contributed by atoms with Crippen molar-refractivity contribution in [1.29, 1.82) is 0 Å². The molecule has 1 aromatic heterocycles. The summed E-state index contributed by atoms with van der Waals surface area (Å²) in [6, 6.07) is 10.2. The number of benzene rings is 1. The van der Waals surface area contributed by atoms with Crippen molar-refractivity contribution < 1.29 is 0 Å². The summed E-state index contributed by atoms with van der Waals surface area (Å²) in [5.41, 5.74) is 2.67. The van der Waals surface area contributed by atoms with E-state index in [-0.39, 0.29) is 5.56 Å². The van der Waals surface area contributed by atoms with Gasteiger partial charge in [-0.05, 0) is 38.3 Å². The van der Waals surface area contributed by atoms with Gasteiger partial charge >= 0.3 is 0 Å². The molecular formula is C19H26N4O. The highest BCUT2D eigenvalue weighted by Gasteiger charge is 2.26. The van der Waals surface area contributed by atoms with E-state index >= 15 is 0 Å². The van der Waals surface area contributed by atoms with Gasteiger partial charge in [-0.2, -0.15) is 0 Å². The lowest BCUT2D eigenvalue weighted by molar-refractivity contribution is 0.188. The average Bonchev–Trinajstić information content (AvgIpc) is 2.58. The lowest BCUT2D eigenvalue weighted by Crippen LogP contribution is -2.48. The number of aromatic nitrogens is 2. The fraction of sp³-hybridized carbons (Fsp3) is 0.474. The summed E-state index contributed by atoms with van der Waals surface area (Å²) < 4.78 is 1.80. The van der Waals surface area contributed by atoms with Gasteiger partial charge < -0.3 is 0 Å².